The molecular formula is C16H16O7. The molecule has 3 rings (SSSR count). The quantitative estimate of drug-likeness (QED) is 0.506. The molecule has 1 aromatic heterocycles. The molecular weight excluding hydrogens is 304 g/mol. The summed E-state index contributed by atoms with van der Waals surface area (Å²) < 4.78 is 5.43. The normalized spacial score (nSPS) is 9.91. The average molecular weight is 320 g/mol. The van der Waals surface area contributed by atoms with Crippen LogP contribution in [0.25, 0.3) is 22.3 Å². The van der Waals surface area contributed by atoms with Crippen LogP contribution in [-0.4, -0.2) is 25.9 Å². The van der Waals surface area contributed by atoms with Gasteiger partial charge in [0, 0.05) is 11.6 Å². The van der Waals surface area contributed by atoms with E-state index in [0.29, 0.717) is 0 Å². The molecule has 7 nitrogen and oxygen atoms in total. The Morgan fingerprint density at radius 2 is 1.57 bits per heavy atom. The van der Waals surface area contributed by atoms with E-state index in [0.717, 1.165) is 6.07 Å². The Bertz CT molecular complexity index is 912. The summed E-state index contributed by atoms with van der Waals surface area (Å²) in [5.41, 5.74) is -0.343. The third-order valence-electron chi connectivity index (χ3n) is 3.09. The van der Waals surface area contributed by atoms with Gasteiger partial charge in [0.05, 0.1) is 5.39 Å². The molecule has 0 saturated heterocycles. The van der Waals surface area contributed by atoms with Gasteiger partial charge in [-0.3, -0.25) is 4.79 Å². The van der Waals surface area contributed by atoms with Crippen LogP contribution in [0, 0.1) is 0 Å². The molecule has 7 heteroatoms. The first-order valence-electron chi connectivity index (χ1n) is 5.98. The molecule has 0 spiro atoms. The summed E-state index contributed by atoms with van der Waals surface area (Å²) in [6.45, 7) is 0. The lowest BCUT2D eigenvalue weighted by atomic mass is 10.1. The molecule has 0 fully saturated rings. The minimum Gasteiger partial charge on any atom is -0.508 e. The summed E-state index contributed by atoms with van der Waals surface area (Å²) in [7, 11) is 0. The number of aromatic hydroxyl groups is 4. The molecule has 0 radical (unpaired) electrons. The van der Waals surface area contributed by atoms with E-state index >= 15 is 0 Å². The number of hydrogen-bond donors (Lipinski definition) is 4. The fourth-order valence-electron chi connectivity index (χ4n) is 2.03. The van der Waals surface area contributed by atoms with Crippen LogP contribution < -0.4 is 5.43 Å². The number of benzene rings is 2. The molecule has 0 unspecified atom stereocenters. The molecule has 1 heterocycles. The summed E-state index contributed by atoms with van der Waals surface area (Å²) in [5.74, 6) is -1.60. The highest BCUT2D eigenvalue weighted by atomic mass is 16.4. The lowest BCUT2D eigenvalue weighted by Crippen LogP contribution is -2.02. The zero-order chi connectivity index (χ0) is 15.1. The van der Waals surface area contributed by atoms with E-state index in [4.69, 9.17) is 4.42 Å². The molecule has 0 aliphatic heterocycles. The van der Waals surface area contributed by atoms with Crippen LogP contribution in [0.1, 0.15) is 7.43 Å². The Hall–Kier alpha value is -3.19. The number of fused-ring (bicyclic) bond motifs is 1. The van der Waals surface area contributed by atoms with Crippen LogP contribution in [0.2, 0.25) is 0 Å². The third kappa shape index (κ3) is 2.90. The summed E-state index contributed by atoms with van der Waals surface area (Å²) in [6.07, 6.45) is 0. The van der Waals surface area contributed by atoms with Gasteiger partial charge in [-0.05, 0) is 30.3 Å². The van der Waals surface area contributed by atoms with E-state index in [1.165, 1.54) is 30.3 Å². The second kappa shape index (κ2) is 6.29. The van der Waals surface area contributed by atoms with Crippen molar-refractivity contribution in [3.8, 4) is 34.3 Å². The highest BCUT2D eigenvalue weighted by Crippen LogP contribution is 2.35. The maximum Gasteiger partial charge on any atom is 0.235 e. The molecule has 0 amide bonds. The van der Waals surface area contributed by atoms with Crippen LogP contribution in [0.3, 0.4) is 0 Å². The Balaban J connectivity index is 0.00000132. The lowest BCUT2D eigenvalue weighted by Gasteiger charge is -2.07. The first-order valence-corrected chi connectivity index (χ1v) is 5.98. The summed E-state index contributed by atoms with van der Waals surface area (Å²) in [6, 6.07) is 7.64. The maximum atomic E-state index is 12.1. The van der Waals surface area contributed by atoms with E-state index in [9.17, 15) is 25.2 Å². The largest absolute Gasteiger partial charge is 0.508 e. The lowest BCUT2D eigenvalue weighted by molar-refractivity contribution is 0.403. The first-order chi connectivity index (χ1) is 9.97. The Labute approximate surface area is 130 Å². The second-order valence-electron chi connectivity index (χ2n) is 4.49. The van der Waals surface area contributed by atoms with Crippen molar-refractivity contribution in [2.24, 2.45) is 0 Å². The average Bonchev–Trinajstić information content (AvgIpc) is 2.45. The molecule has 0 atom stereocenters. The third-order valence-corrected chi connectivity index (χ3v) is 3.09. The standard InChI is InChI=1S/C15H10O6.CH4.H2O/c16-8-2-3-9-12(6-8)21-15(14(20)13(9)19)7-1-4-10(17)11(18)5-7;;/h1-6,16-18,20H;1H4;1H2. The van der Waals surface area contributed by atoms with E-state index in [1.807, 2.05) is 0 Å². The topological polar surface area (TPSA) is 143 Å². The van der Waals surface area contributed by atoms with Gasteiger partial charge in [-0.1, -0.05) is 7.43 Å². The van der Waals surface area contributed by atoms with Crippen molar-refractivity contribution in [3.63, 3.8) is 0 Å². The molecule has 3 aromatic rings. The van der Waals surface area contributed by atoms with Crippen molar-refractivity contribution in [1.29, 1.82) is 0 Å². The second-order valence-corrected chi connectivity index (χ2v) is 4.49. The molecule has 2 aromatic carbocycles. The van der Waals surface area contributed by atoms with Gasteiger partial charge in [-0.15, -0.1) is 0 Å². The highest BCUT2D eigenvalue weighted by molar-refractivity contribution is 5.83. The van der Waals surface area contributed by atoms with Gasteiger partial charge in [0.1, 0.15) is 11.3 Å². The fourth-order valence-corrected chi connectivity index (χ4v) is 2.03. The Morgan fingerprint density at radius 3 is 2.22 bits per heavy atom. The van der Waals surface area contributed by atoms with Crippen LogP contribution in [0.4, 0.5) is 0 Å². The van der Waals surface area contributed by atoms with Crippen LogP contribution in [0.5, 0.6) is 23.0 Å². The Kier molecular flexibility index (Phi) is 4.88. The van der Waals surface area contributed by atoms with Gasteiger partial charge in [0.15, 0.2) is 17.3 Å². The Morgan fingerprint density at radius 1 is 0.870 bits per heavy atom. The maximum absolute atomic E-state index is 12.1. The number of rotatable bonds is 1. The van der Waals surface area contributed by atoms with Gasteiger partial charge in [-0.2, -0.15) is 0 Å². The number of phenols is 3. The molecule has 0 saturated carbocycles. The molecule has 0 aliphatic rings. The molecule has 0 aliphatic carbocycles. The minimum absolute atomic E-state index is 0. The fraction of sp³-hybridized carbons (Fsp3) is 0.0625. The van der Waals surface area contributed by atoms with Crippen molar-refractivity contribution in [1.82, 2.24) is 0 Å². The SMILES string of the molecule is C.O.O=c1c(O)c(-c2ccc(O)c(O)c2)oc2cc(O)ccc12. The molecule has 23 heavy (non-hydrogen) atoms. The van der Waals surface area contributed by atoms with Crippen molar-refractivity contribution in [2.45, 2.75) is 7.43 Å². The van der Waals surface area contributed by atoms with Gasteiger partial charge in [0.25, 0.3) is 0 Å². The summed E-state index contributed by atoms with van der Waals surface area (Å²) in [5, 5.41) is 38.3. The summed E-state index contributed by atoms with van der Waals surface area (Å²) >= 11 is 0. The van der Waals surface area contributed by atoms with E-state index in [-0.39, 0.29) is 46.7 Å². The molecule has 0 bridgehead atoms. The smallest absolute Gasteiger partial charge is 0.235 e. The van der Waals surface area contributed by atoms with Gasteiger partial charge >= 0.3 is 0 Å². The zero-order valence-corrected chi connectivity index (χ0v) is 11.1. The first kappa shape index (κ1) is 17.9. The zero-order valence-electron chi connectivity index (χ0n) is 11.1. The predicted octanol–water partition coefficient (Wildman–Crippen LogP) is 2.09. The predicted molar refractivity (Wildman–Crippen MR) is 84.9 cm³/mol. The van der Waals surface area contributed by atoms with Crippen LogP contribution in [-0.2, 0) is 0 Å². The van der Waals surface area contributed by atoms with Crippen molar-refractivity contribution in [2.75, 3.05) is 0 Å². The van der Waals surface area contributed by atoms with Crippen molar-refractivity contribution < 1.29 is 30.3 Å². The highest BCUT2D eigenvalue weighted by Gasteiger charge is 2.16. The van der Waals surface area contributed by atoms with Gasteiger partial charge < -0.3 is 30.3 Å². The number of phenolic OH excluding ortho intramolecular Hbond substituents is 3. The van der Waals surface area contributed by atoms with Gasteiger partial charge in [-0.25, -0.2) is 0 Å². The minimum atomic E-state index is -0.654. The van der Waals surface area contributed by atoms with Crippen molar-refractivity contribution >= 4 is 11.0 Å². The summed E-state index contributed by atoms with van der Waals surface area (Å²) in [4.78, 5) is 12.1. The monoisotopic (exact) mass is 320 g/mol. The van der Waals surface area contributed by atoms with E-state index < -0.39 is 16.9 Å². The van der Waals surface area contributed by atoms with E-state index in [2.05, 4.69) is 0 Å². The molecule has 6 N–H and O–H groups in total. The van der Waals surface area contributed by atoms with Gasteiger partial charge in [0.2, 0.25) is 11.2 Å². The van der Waals surface area contributed by atoms with Crippen LogP contribution in [0.15, 0.2) is 45.6 Å². The number of hydrogen-bond acceptors (Lipinski definition) is 6. The molecule has 122 valence electrons. The van der Waals surface area contributed by atoms with E-state index in [1.54, 1.807) is 0 Å². The van der Waals surface area contributed by atoms with Crippen molar-refractivity contribution in [3.05, 3.63) is 46.6 Å². The van der Waals surface area contributed by atoms with Crippen LogP contribution >= 0.6 is 0 Å².